The van der Waals surface area contributed by atoms with Crippen LogP contribution >= 0.6 is 11.3 Å². The van der Waals surface area contributed by atoms with Gasteiger partial charge in [-0.15, -0.1) is 5.10 Å². The molecule has 3 rings (SSSR count). The van der Waals surface area contributed by atoms with E-state index >= 15 is 0 Å². The van der Waals surface area contributed by atoms with Crippen molar-refractivity contribution in [1.82, 2.24) is 20.2 Å². The monoisotopic (exact) mass is 257 g/mol. The molecule has 0 saturated carbocycles. The van der Waals surface area contributed by atoms with E-state index in [4.69, 9.17) is 5.73 Å². The number of nitrogen functional groups attached to an aromatic ring is 1. The second-order valence-corrected chi connectivity index (χ2v) is 4.71. The number of benzene rings is 1. The molecule has 0 unspecified atom stereocenters. The first kappa shape index (κ1) is 10.9. The molecule has 0 atom stereocenters. The highest BCUT2D eigenvalue weighted by Crippen LogP contribution is 2.27. The van der Waals surface area contributed by atoms with Crippen molar-refractivity contribution in [2.45, 2.75) is 6.92 Å². The molecule has 0 spiro atoms. The molecule has 2 heterocycles. The zero-order valence-electron chi connectivity index (χ0n) is 9.74. The molecule has 3 aromatic rings. The molecule has 0 aliphatic carbocycles. The van der Waals surface area contributed by atoms with Crippen LogP contribution in [0.4, 0.5) is 5.69 Å². The number of aryl methyl sites for hydroxylation is 1. The van der Waals surface area contributed by atoms with Gasteiger partial charge in [-0.25, -0.2) is 0 Å². The maximum Gasteiger partial charge on any atom is 0.189 e. The summed E-state index contributed by atoms with van der Waals surface area (Å²) in [5.41, 5.74) is 9.62. The van der Waals surface area contributed by atoms with E-state index in [2.05, 4.69) is 15.5 Å². The van der Waals surface area contributed by atoms with Crippen molar-refractivity contribution < 1.29 is 0 Å². The van der Waals surface area contributed by atoms with Gasteiger partial charge < -0.3 is 5.73 Å². The molecular weight excluding hydrogens is 246 g/mol. The summed E-state index contributed by atoms with van der Waals surface area (Å²) in [6.45, 7) is 1.97. The molecular formula is C12H11N5S. The average Bonchev–Trinajstić information content (AvgIpc) is 3.01. The molecule has 0 bridgehead atoms. The van der Waals surface area contributed by atoms with Crippen molar-refractivity contribution in [3.05, 3.63) is 40.6 Å². The second-order valence-electron chi connectivity index (χ2n) is 3.93. The smallest absolute Gasteiger partial charge is 0.189 e. The summed E-state index contributed by atoms with van der Waals surface area (Å²) in [5, 5.41) is 15.8. The number of tetrazole rings is 1. The van der Waals surface area contributed by atoms with Crippen LogP contribution < -0.4 is 5.73 Å². The van der Waals surface area contributed by atoms with Gasteiger partial charge in [0.05, 0.1) is 5.69 Å². The number of aromatic nitrogens is 4. The lowest BCUT2D eigenvalue weighted by Crippen LogP contribution is -2.01. The van der Waals surface area contributed by atoms with Crippen molar-refractivity contribution in [3.63, 3.8) is 0 Å². The molecule has 0 radical (unpaired) electrons. The average molecular weight is 257 g/mol. The molecule has 2 N–H and O–H groups in total. The highest BCUT2D eigenvalue weighted by Gasteiger charge is 2.14. The van der Waals surface area contributed by atoms with Crippen LogP contribution in [0.15, 0.2) is 35.0 Å². The Labute approximate surface area is 108 Å². The molecule has 0 saturated heterocycles. The topological polar surface area (TPSA) is 69.6 Å². The maximum atomic E-state index is 6.09. The van der Waals surface area contributed by atoms with E-state index in [0.29, 0.717) is 11.5 Å². The zero-order valence-corrected chi connectivity index (χ0v) is 10.6. The van der Waals surface area contributed by atoms with Gasteiger partial charge in [-0.05, 0) is 40.4 Å². The maximum absolute atomic E-state index is 6.09. The van der Waals surface area contributed by atoms with E-state index in [0.717, 1.165) is 16.8 Å². The van der Waals surface area contributed by atoms with Gasteiger partial charge in [0, 0.05) is 16.6 Å². The lowest BCUT2D eigenvalue weighted by Gasteiger charge is -2.07. The number of hydrogen-bond donors (Lipinski definition) is 1. The predicted molar refractivity (Wildman–Crippen MR) is 71.6 cm³/mol. The molecule has 0 amide bonds. The molecule has 0 aliphatic rings. The fourth-order valence-electron chi connectivity index (χ4n) is 1.78. The summed E-state index contributed by atoms with van der Waals surface area (Å²) in [6, 6.07) is 7.82. The molecule has 2 aromatic heterocycles. The Balaban J connectivity index is 2.19. The molecule has 90 valence electrons. The highest BCUT2D eigenvalue weighted by molar-refractivity contribution is 7.08. The van der Waals surface area contributed by atoms with Crippen molar-refractivity contribution in [3.8, 4) is 17.1 Å². The third-order valence-electron chi connectivity index (χ3n) is 2.79. The Morgan fingerprint density at radius 1 is 1.28 bits per heavy atom. The largest absolute Gasteiger partial charge is 0.398 e. The summed E-state index contributed by atoms with van der Waals surface area (Å²) >= 11 is 1.60. The Hall–Kier alpha value is -2.21. The summed E-state index contributed by atoms with van der Waals surface area (Å²) in [4.78, 5) is 0. The van der Waals surface area contributed by atoms with E-state index in [9.17, 15) is 0 Å². The van der Waals surface area contributed by atoms with Crippen molar-refractivity contribution in [2.75, 3.05) is 5.73 Å². The Kier molecular flexibility index (Phi) is 2.56. The van der Waals surface area contributed by atoms with Crippen molar-refractivity contribution in [2.24, 2.45) is 0 Å². The summed E-state index contributed by atoms with van der Waals surface area (Å²) in [6.07, 6.45) is 0. The second kappa shape index (κ2) is 4.23. The van der Waals surface area contributed by atoms with Gasteiger partial charge in [-0.2, -0.15) is 16.0 Å². The molecule has 0 aliphatic heterocycles. The predicted octanol–water partition coefficient (Wildman–Crippen LogP) is 2.28. The Morgan fingerprint density at radius 3 is 2.94 bits per heavy atom. The van der Waals surface area contributed by atoms with Crippen LogP contribution in [0.2, 0.25) is 0 Å². The SMILES string of the molecule is Cc1cccc(-c2nnnn2-c2ccsc2)c1N. The minimum atomic E-state index is 0.662. The van der Waals surface area contributed by atoms with Gasteiger partial charge in [0.15, 0.2) is 5.82 Å². The molecule has 5 nitrogen and oxygen atoms in total. The van der Waals surface area contributed by atoms with Gasteiger partial charge in [-0.3, -0.25) is 0 Å². The number of rotatable bonds is 2. The van der Waals surface area contributed by atoms with Crippen molar-refractivity contribution in [1.29, 1.82) is 0 Å². The quantitative estimate of drug-likeness (QED) is 0.715. The van der Waals surface area contributed by atoms with Crippen LogP contribution in [0.5, 0.6) is 0 Å². The highest BCUT2D eigenvalue weighted by atomic mass is 32.1. The first-order valence-corrected chi connectivity index (χ1v) is 6.38. The van der Waals surface area contributed by atoms with Gasteiger partial charge in [0.1, 0.15) is 0 Å². The van der Waals surface area contributed by atoms with Gasteiger partial charge in [0.2, 0.25) is 0 Å². The van der Waals surface area contributed by atoms with Crippen LogP contribution in [0, 0.1) is 6.92 Å². The zero-order chi connectivity index (χ0) is 12.5. The number of nitrogens with zero attached hydrogens (tertiary/aromatic N) is 4. The van der Waals surface area contributed by atoms with E-state index in [1.807, 2.05) is 41.9 Å². The number of para-hydroxylation sites is 1. The number of anilines is 1. The first-order valence-electron chi connectivity index (χ1n) is 5.44. The molecule has 0 fully saturated rings. The normalized spacial score (nSPS) is 10.7. The lowest BCUT2D eigenvalue weighted by atomic mass is 10.1. The molecule has 1 aromatic carbocycles. The van der Waals surface area contributed by atoms with Crippen LogP contribution in [0.25, 0.3) is 17.1 Å². The number of hydrogen-bond acceptors (Lipinski definition) is 5. The number of nitrogens with two attached hydrogens (primary N) is 1. The van der Waals surface area contributed by atoms with E-state index < -0.39 is 0 Å². The van der Waals surface area contributed by atoms with E-state index in [-0.39, 0.29) is 0 Å². The third kappa shape index (κ3) is 1.67. The fourth-order valence-corrected chi connectivity index (χ4v) is 2.40. The van der Waals surface area contributed by atoms with E-state index in [1.54, 1.807) is 16.0 Å². The van der Waals surface area contributed by atoms with E-state index in [1.165, 1.54) is 0 Å². The Morgan fingerprint density at radius 2 is 2.17 bits per heavy atom. The van der Waals surface area contributed by atoms with Crippen LogP contribution in [0.3, 0.4) is 0 Å². The van der Waals surface area contributed by atoms with Crippen LogP contribution in [0.1, 0.15) is 5.56 Å². The van der Waals surface area contributed by atoms with Gasteiger partial charge in [-0.1, -0.05) is 12.1 Å². The minimum Gasteiger partial charge on any atom is -0.398 e. The van der Waals surface area contributed by atoms with Crippen LogP contribution in [-0.2, 0) is 0 Å². The molecule has 18 heavy (non-hydrogen) atoms. The van der Waals surface area contributed by atoms with Crippen LogP contribution in [-0.4, -0.2) is 20.2 Å². The van der Waals surface area contributed by atoms with Gasteiger partial charge >= 0.3 is 0 Å². The molecule has 6 heteroatoms. The fraction of sp³-hybridized carbons (Fsp3) is 0.0833. The minimum absolute atomic E-state index is 0.662. The third-order valence-corrected chi connectivity index (χ3v) is 3.46. The van der Waals surface area contributed by atoms with Gasteiger partial charge in [0.25, 0.3) is 0 Å². The lowest BCUT2D eigenvalue weighted by molar-refractivity contribution is 0.793. The summed E-state index contributed by atoms with van der Waals surface area (Å²) < 4.78 is 1.70. The Bertz CT molecular complexity index is 672. The standard InChI is InChI=1S/C12H11N5S/c1-8-3-2-4-10(11(8)13)12-14-15-16-17(12)9-5-6-18-7-9/h2-7H,13H2,1H3. The summed E-state index contributed by atoms with van der Waals surface area (Å²) in [5.74, 6) is 0.662. The first-order chi connectivity index (χ1) is 8.77. The summed E-state index contributed by atoms with van der Waals surface area (Å²) in [7, 11) is 0. The van der Waals surface area contributed by atoms with Crippen molar-refractivity contribution >= 4 is 17.0 Å². The number of thiophene rings is 1.